The van der Waals surface area contributed by atoms with Crippen LogP contribution in [0.1, 0.15) is 89.5 Å². The second-order valence-electron chi connectivity index (χ2n) is 15.2. The Morgan fingerprint density at radius 3 is 2.29 bits per heavy atom. The molecule has 59 heavy (non-hydrogen) atoms. The zero-order valence-corrected chi connectivity index (χ0v) is 33.8. The molecule has 2 amide bonds. The number of nitrogens with zero attached hydrogens (tertiary/aromatic N) is 4. The number of rotatable bonds is 15. The summed E-state index contributed by atoms with van der Waals surface area (Å²) in [5, 5.41) is 52.2. The topological polar surface area (TPSA) is 200 Å². The monoisotopic (exact) mass is 842 g/mol. The first-order valence-electron chi connectivity index (χ1n) is 19.4. The first-order valence-corrected chi connectivity index (χ1v) is 20.1. The minimum Gasteiger partial charge on any atom is -0.481 e. The van der Waals surface area contributed by atoms with Crippen LogP contribution in [-0.4, -0.2) is 98.3 Å². The van der Waals surface area contributed by atoms with Gasteiger partial charge < -0.3 is 30.2 Å². The van der Waals surface area contributed by atoms with Crippen molar-refractivity contribution < 1.29 is 44.4 Å². The maximum Gasteiger partial charge on any atom is 0.339 e. The van der Waals surface area contributed by atoms with E-state index < -0.39 is 41.9 Å². The quantitative estimate of drug-likeness (QED) is 0.0970. The zero-order chi connectivity index (χ0) is 42.6. The van der Waals surface area contributed by atoms with Crippen molar-refractivity contribution in [2.45, 2.75) is 75.0 Å². The van der Waals surface area contributed by atoms with E-state index in [4.69, 9.17) is 23.2 Å². The molecule has 2 saturated heterocycles. The Morgan fingerprint density at radius 2 is 1.64 bits per heavy atom. The first-order chi connectivity index (χ1) is 28.2. The maximum absolute atomic E-state index is 14.2. The number of halogens is 2. The van der Waals surface area contributed by atoms with Gasteiger partial charge in [0, 0.05) is 37.3 Å². The molecule has 0 saturated carbocycles. The summed E-state index contributed by atoms with van der Waals surface area (Å²) < 4.78 is 0. The van der Waals surface area contributed by atoms with Crippen LogP contribution in [-0.2, 0) is 25.6 Å². The molecule has 4 N–H and O–H groups in total. The van der Waals surface area contributed by atoms with E-state index in [0.717, 1.165) is 56.1 Å². The van der Waals surface area contributed by atoms with Crippen molar-refractivity contribution in [1.29, 1.82) is 5.26 Å². The molecule has 0 aromatic heterocycles. The number of hydrogen-bond acceptors (Lipinski definition) is 8. The van der Waals surface area contributed by atoms with Crippen LogP contribution in [0.25, 0.3) is 10.8 Å². The lowest BCUT2D eigenvalue weighted by Crippen LogP contribution is -2.62. The van der Waals surface area contributed by atoms with E-state index in [2.05, 4.69) is 17.0 Å². The van der Waals surface area contributed by atoms with Gasteiger partial charge in [0.25, 0.3) is 5.91 Å². The number of aliphatic carboxylic acids is 3. The minimum atomic E-state index is -3.38. The molecule has 15 heteroatoms. The van der Waals surface area contributed by atoms with Gasteiger partial charge in [0.2, 0.25) is 11.5 Å². The number of benzene rings is 4. The number of hydrogen-bond donors (Lipinski definition) is 4. The van der Waals surface area contributed by atoms with Gasteiger partial charge >= 0.3 is 17.9 Å². The van der Waals surface area contributed by atoms with Gasteiger partial charge in [-0.15, -0.1) is 0 Å². The van der Waals surface area contributed by atoms with E-state index >= 15 is 0 Å². The highest BCUT2D eigenvalue weighted by atomic mass is 35.5. The summed E-state index contributed by atoms with van der Waals surface area (Å²) in [5.41, 5.74) is 0.124. The smallest absolute Gasteiger partial charge is 0.339 e. The molecule has 2 heterocycles. The van der Waals surface area contributed by atoms with Crippen LogP contribution in [0.3, 0.4) is 0 Å². The van der Waals surface area contributed by atoms with E-state index in [1.165, 1.54) is 6.07 Å². The van der Waals surface area contributed by atoms with Gasteiger partial charge in [0.05, 0.1) is 28.1 Å². The third kappa shape index (κ3) is 8.91. The normalized spacial score (nSPS) is 17.8. The number of fused-ring (bicyclic) bond motifs is 1. The van der Waals surface area contributed by atoms with Crippen LogP contribution in [0.4, 0.5) is 5.69 Å². The molecule has 2 aliphatic heterocycles. The Labute approximate surface area is 351 Å². The Morgan fingerprint density at radius 1 is 0.932 bits per heavy atom. The molecule has 0 spiro atoms. The number of piperidine rings is 1. The summed E-state index contributed by atoms with van der Waals surface area (Å²) in [5.74, 6) is -7.02. The van der Waals surface area contributed by atoms with Gasteiger partial charge in [0.15, 0.2) is 6.04 Å². The standard InChI is InChI=1S/C44H44Cl2N4O9/c1-48(40(42(55)56)44(59,43(57)58)24-39(52)53)41(54)33-22-28(25-47)32(29-9-2-3-10-30(29)33)21-27(26-15-16-34(45)35(46)23-26)17-20-49-18-7-6-12-36(49)31-11-4-5-13-37(31)50-19-8-14-38(50)51/h2-5,9-11,13,15-16,22-23,27,36,40,59H,6-8,12,14,17-21,24H2,1H3,(H,52,53)(H,55,56)(H,57,58)/t27?,36-,40?,44?/m0/s1. The fourth-order valence-electron chi connectivity index (χ4n) is 8.70. The Balaban J connectivity index is 1.37. The van der Waals surface area contributed by atoms with Gasteiger partial charge in [0.1, 0.15) is 0 Å². The van der Waals surface area contributed by atoms with Crippen LogP contribution in [0, 0.1) is 11.3 Å². The molecule has 2 aliphatic rings. The molecule has 2 fully saturated rings. The molecule has 4 atom stereocenters. The van der Waals surface area contributed by atoms with Crippen LogP contribution in [0.5, 0.6) is 0 Å². The SMILES string of the molecule is CN(C(=O)c1cc(C#N)c(CC(CCN2CCCC[C@H]2c2ccccc2N2CCCC2=O)c2ccc(Cl)c(Cl)c2)c2ccccc12)C(C(=O)O)C(O)(CC(=O)O)C(=O)O. The molecule has 0 radical (unpaired) electrons. The van der Waals surface area contributed by atoms with Crippen LogP contribution < -0.4 is 4.90 Å². The lowest BCUT2D eigenvalue weighted by atomic mass is 9.83. The summed E-state index contributed by atoms with van der Waals surface area (Å²) in [6.45, 7) is 2.20. The van der Waals surface area contributed by atoms with Crippen molar-refractivity contribution >= 4 is 69.4 Å². The minimum absolute atomic E-state index is 0.0736. The van der Waals surface area contributed by atoms with Crippen molar-refractivity contribution in [2.75, 3.05) is 31.6 Å². The molecular formula is C44H44Cl2N4O9. The number of likely N-dealkylation sites (tertiary alicyclic amines) is 1. The van der Waals surface area contributed by atoms with Gasteiger partial charge in [-0.05, 0) is 103 Å². The number of carbonyl (C=O) groups excluding carboxylic acids is 2. The van der Waals surface area contributed by atoms with Crippen LogP contribution >= 0.6 is 23.2 Å². The van der Waals surface area contributed by atoms with Gasteiger partial charge in [-0.25, -0.2) is 9.59 Å². The lowest BCUT2D eigenvalue weighted by molar-refractivity contribution is -0.178. The summed E-state index contributed by atoms with van der Waals surface area (Å²) in [4.78, 5) is 67.9. The van der Waals surface area contributed by atoms with E-state index in [1.54, 1.807) is 30.3 Å². The number of amides is 2. The van der Waals surface area contributed by atoms with E-state index in [-0.39, 0.29) is 29.0 Å². The predicted octanol–water partition coefficient (Wildman–Crippen LogP) is 6.90. The van der Waals surface area contributed by atoms with E-state index in [9.17, 15) is 49.7 Å². The summed E-state index contributed by atoms with van der Waals surface area (Å²) >= 11 is 12.9. The molecule has 4 aromatic rings. The molecule has 4 aromatic carbocycles. The van der Waals surface area contributed by atoms with Gasteiger partial charge in [-0.1, -0.05) is 78.2 Å². The number of carboxylic acids is 3. The average molecular weight is 844 g/mol. The molecule has 6 rings (SSSR count). The van der Waals surface area contributed by atoms with Crippen LogP contribution in [0.2, 0.25) is 10.0 Å². The molecule has 308 valence electrons. The Hall–Kier alpha value is -5.52. The molecule has 13 nitrogen and oxygen atoms in total. The largest absolute Gasteiger partial charge is 0.481 e. The number of aliphatic hydroxyl groups is 1. The number of carbonyl (C=O) groups is 5. The second-order valence-corrected chi connectivity index (χ2v) is 16.0. The molecule has 3 unspecified atom stereocenters. The van der Waals surface area contributed by atoms with Crippen molar-refractivity contribution in [3.8, 4) is 6.07 Å². The number of anilines is 1. The fraction of sp³-hybridized carbons (Fsp3) is 0.364. The fourth-order valence-corrected chi connectivity index (χ4v) is 9.01. The van der Waals surface area contributed by atoms with Crippen molar-refractivity contribution in [3.05, 3.63) is 111 Å². The van der Waals surface area contributed by atoms with E-state index in [1.807, 2.05) is 35.2 Å². The van der Waals surface area contributed by atoms with Crippen molar-refractivity contribution in [3.63, 3.8) is 0 Å². The third-order valence-corrected chi connectivity index (χ3v) is 12.3. The highest BCUT2D eigenvalue weighted by molar-refractivity contribution is 6.42. The maximum atomic E-state index is 14.2. The van der Waals surface area contributed by atoms with Gasteiger partial charge in [-0.3, -0.25) is 19.3 Å². The number of likely N-dealkylation sites (N-methyl/N-ethyl adjacent to an activating group) is 1. The van der Waals surface area contributed by atoms with E-state index in [0.29, 0.717) is 63.6 Å². The number of carboxylic acid groups (broad SMARTS) is 3. The zero-order valence-electron chi connectivity index (χ0n) is 32.3. The number of nitriles is 1. The van der Waals surface area contributed by atoms with Gasteiger partial charge in [-0.2, -0.15) is 5.26 Å². The lowest BCUT2D eigenvalue weighted by Gasteiger charge is -2.38. The summed E-state index contributed by atoms with van der Waals surface area (Å²) in [6.07, 6.45) is 3.77. The molecule has 0 aliphatic carbocycles. The highest BCUT2D eigenvalue weighted by Gasteiger charge is 2.53. The first kappa shape index (κ1) is 43.1. The average Bonchev–Trinajstić information content (AvgIpc) is 3.65. The number of para-hydroxylation sites is 1. The Kier molecular flexibility index (Phi) is 13.3. The third-order valence-electron chi connectivity index (χ3n) is 11.6. The predicted molar refractivity (Wildman–Crippen MR) is 221 cm³/mol. The molecular weight excluding hydrogens is 799 g/mol. The van der Waals surface area contributed by atoms with Crippen molar-refractivity contribution in [2.24, 2.45) is 0 Å². The molecule has 0 bridgehead atoms. The van der Waals surface area contributed by atoms with Crippen LogP contribution in [0.15, 0.2) is 72.8 Å². The van der Waals surface area contributed by atoms with Crippen molar-refractivity contribution in [1.82, 2.24) is 9.80 Å². The summed E-state index contributed by atoms with van der Waals surface area (Å²) in [7, 11) is 0.960. The summed E-state index contributed by atoms with van der Waals surface area (Å²) in [6, 6.07) is 21.4. The highest BCUT2D eigenvalue weighted by Crippen LogP contribution is 2.40. The second kappa shape index (κ2) is 18.2. The Bertz CT molecular complexity index is 2350.